The maximum absolute atomic E-state index is 13.3. The number of methoxy groups -OCH3 is 1. The van der Waals surface area contributed by atoms with Gasteiger partial charge in [-0.15, -0.1) is 0 Å². The van der Waals surface area contributed by atoms with E-state index < -0.39 is 15.8 Å². The molecule has 0 heterocycles. The highest BCUT2D eigenvalue weighted by Gasteiger charge is 2.15. The lowest BCUT2D eigenvalue weighted by molar-refractivity contribution is 0.289. The van der Waals surface area contributed by atoms with Crippen molar-refractivity contribution in [2.45, 2.75) is 11.3 Å². The molecule has 0 aliphatic rings. The van der Waals surface area contributed by atoms with E-state index in [-0.39, 0.29) is 23.8 Å². The molecule has 1 rings (SSSR count). The van der Waals surface area contributed by atoms with Crippen molar-refractivity contribution < 1.29 is 22.7 Å². The van der Waals surface area contributed by atoms with E-state index in [0.29, 0.717) is 6.42 Å². The van der Waals surface area contributed by atoms with Crippen molar-refractivity contribution >= 4 is 10.0 Å². The summed E-state index contributed by atoms with van der Waals surface area (Å²) in [5.74, 6) is -0.753. The average Bonchev–Trinajstić information content (AvgIpc) is 2.29. The summed E-state index contributed by atoms with van der Waals surface area (Å²) in [6.07, 6.45) is 0.303. The Bertz CT molecular complexity index is 475. The first-order chi connectivity index (χ1) is 8.01. The maximum Gasteiger partial charge on any atom is 0.240 e. The van der Waals surface area contributed by atoms with E-state index in [1.54, 1.807) is 0 Å². The smallest absolute Gasteiger partial charge is 0.240 e. The van der Waals surface area contributed by atoms with Crippen LogP contribution in [-0.2, 0) is 10.0 Å². The summed E-state index contributed by atoms with van der Waals surface area (Å²) in [7, 11) is -2.44. The van der Waals surface area contributed by atoms with Crippen LogP contribution in [0.25, 0.3) is 0 Å². The molecule has 0 spiro atoms. The molecule has 0 radical (unpaired) electrons. The van der Waals surface area contributed by atoms with Crippen molar-refractivity contribution in [3.05, 3.63) is 24.0 Å². The average molecular weight is 263 g/mol. The first kappa shape index (κ1) is 13.9. The number of hydrogen-bond donors (Lipinski definition) is 2. The molecule has 17 heavy (non-hydrogen) atoms. The van der Waals surface area contributed by atoms with Gasteiger partial charge in [0.1, 0.15) is 0 Å². The van der Waals surface area contributed by atoms with Gasteiger partial charge < -0.3 is 9.84 Å². The third-order valence-electron chi connectivity index (χ3n) is 2.06. The van der Waals surface area contributed by atoms with Gasteiger partial charge in [0.05, 0.1) is 12.0 Å². The molecule has 0 fully saturated rings. The summed E-state index contributed by atoms with van der Waals surface area (Å²) in [5.41, 5.74) is 0. The van der Waals surface area contributed by atoms with Gasteiger partial charge >= 0.3 is 0 Å². The second kappa shape index (κ2) is 5.95. The van der Waals surface area contributed by atoms with Gasteiger partial charge in [-0.05, 0) is 24.6 Å². The van der Waals surface area contributed by atoms with Crippen molar-refractivity contribution in [2.24, 2.45) is 0 Å². The summed E-state index contributed by atoms with van der Waals surface area (Å²) in [5, 5.41) is 8.53. The largest absolute Gasteiger partial charge is 0.494 e. The highest BCUT2D eigenvalue weighted by atomic mass is 32.2. The number of nitrogens with one attached hydrogen (secondary N) is 1. The number of aliphatic hydroxyl groups is 1. The summed E-state index contributed by atoms with van der Waals surface area (Å²) >= 11 is 0. The molecule has 96 valence electrons. The van der Waals surface area contributed by atoms with Crippen LogP contribution < -0.4 is 9.46 Å². The summed E-state index contributed by atoms with van der Waals surface area (Å²) in [6.45, 7) is -0.00796. The third-order valence-corrected chi connectivity index (χ3v) is 3.52. The Morgan fingerprint density at radius 1 is 1.47 bits per heavy atom. The van der Waals surface area contributed by atoms with Crippen molar-refractivity contribution in [2.75, 3.05) is 20.3 Å². The predicted octanol–water partition coefficient (Wildman–Crippen LogP) is 0.495. The molecule has 0 aromatic heterocycles. The minimum absolute atomic E-state index is 0.0145. The summed E-state index contributed by atoms with van der Waals surface area (Å²) in [4.78, 5) is -0.172. The van der Waals surface area contributed by atoms with Gasteiger partial charge in [-0.3, -0.25) is 0 Å². The number of hydrogen-bond acceptors (Lipinski definition) is 4. The summed E-state index contributed by atoms with van der Waals surface area (Å²) in [6, 6.07) is 3.39. The molecule has 7 heteroatoms. The van der Waals surface area contributed by atoms with E-state index in [1.165, 1.54) is 19.2 Å². The molecule has 0 unspecified atom stereocenters. The molecule has 0 amide bonds. The topological polar surface area (TPSA) is 75.6 Å². The van der Waals surface area contributed by atoms with Crippen molar-refractivity contribution in [3.8, 4) is 5.75 Å². The lowest BCUT2D eigenvalue weighted by Gasteiger charge is -2.07. The lowest BCUT2D eigenvalue weighted by Crippen LogP contribution is -2.25. The molecule has 0 aliphatic heterocycles. The third kappa shape index (κ3) is 3.65. The molecule has 0 bridgehead atoms. The van der Waals surface area contributed by atoms with E-state index in [4.69, 9.17) is 5.11 Å². The van der Waals surface area contributed by atoms with Gasteiger partial charge in [-0.2, -0.15) is 0 Å². The fourth-order valence-electron chi connectivity index (χ4n) is 1.18. The zero-order chi connectivity index (χ0) is 12.9. The molecule has 5 nitrogen and oxygen atoms in total. The fourth-order valence-corrected chi connectivity index (χ4v) is 2.27. The number of aliphatic hydroxyl groups excluding tert-OH is 1. The number of halogens is 1. The second-order valence-electron chi connectivity index (χ2n) is 3.27. The normalized spacial score (nSPS) is 11.5. The van der Waals surface area contributed by atoms with Crippen molar-refractivity contribution in [1.82, 2.24) is 4.72 Å². The fraction of sp³-hybridized carbons (Fsp3) is 0.400. The Hall–Kier alpha value is -1.18. The molecule has 1 aromatic carbocycles. The van der Waals surface area contributed by atoms with E-state index in [9.17, 15) is 12.8 Å². The van der Waals surface area contributed by atoms with Crippen molar-refractivity contribution in [1.29, 1.82) is 0 Å². The van der Waals surface area contributed by atoms with Crippen LogP contribution in [0.3, 0.4) is 0 Å². The minimum Gasteiger partial charge on any atom is -0.494 e. The second-order valence-corrected chi connectivity index (χ2v) is 5.04. The Morgan fingerprint density at radius 3 is 2.71 bits per heavy atom. The predicted molar refractivity (Wildman–Crippen MR) is 59.8 cm³/mol. The van der Waals surface area contributed by atoms with Gasteiger partial charge in [0, 0.05) is 13.2 Å². The zero-order valence-corrected chi connectivity index (χ0v) is 10.1. The molecular weight excluding hydrogens is 249 g/mol. The monoisotopic (exact) mass is 263 g/mol. The van der Waals surface area contributed by atoms with E-state index >= 15 is 0 Å². The van der Waals surface area contributed by atoms with Gasteiger partial charge in [-0.1, -0.05) is 0 Å². The van der Waals surface area contributed by atoms with Crippen molar-refractivity contribution in [3.63, 3.8) is 0 Å². The Balaban J connectivity index is 2.88. The number of sulfonamides is 1. The van der Waals surface area contributed by atoms with Gasteiger partial charge in [0.15, 0.2) is 11.6 Å². The number of rotatable bonds is 6. The molecular formula is C10H14FNO4S. The van der Waals surface area contributed by atoms with E-state index in [2.05, 4.69) is 9.46 Å². The Labute approximate surface area is 99.3 Å². The lowest BCUT2D eigenvalue weighted by atomic mass is 10.3. The van der Waals surface area contributed by atoms with Crippen LogP contribution in [0.15, 0.2) is 23.1 Å². The van der Waals surface area contributed by atoms with Crippen LogP contribution >= 0.6 is 0 Å². The van der Waals surface area contributed by atoms with Crippen LogP contribution in [-0.4, -0.2) is 33.8 Å². The van der Waals surface area contributed by atoms with E-state index in [0.717, 1.165) is 6.07 Å². The number of ether oxygens (including phenoxy) is 1. The van der Waals surface area contributed by atoms with Gasteiger partial charge in [-0.25, -0.2) is 17.5 Å². The molecule has 0 saturated heterocycles. The Kier molecular flexibility index (Phi) is 4.86. The number of benzene rings is 1. The van der Waals surface area contributed by atoms with Gasteiger partial charge in [0.25, 0.3) is 0 Å². The van der Waals surface area contributed by atoms with Crippen LogP contribution in [0.2, 0.25) is 0 Å². The first-order valence-electron chi connectivity index (χ1n) is 4.95. The minimum atomic E-state index is -3.74. The molecule has 1 aromatic rings. The van der Waals surface area contributed by atoms with Crippen LogP contribution in [0.5, 0.6) is 5.75 Å². The first-order valence-corrected chi connectivity index (χ1v) is 6.43. The molecule has 2 N–H and O–H groups in total. The molecule has 0 atom stereocenters. The van der Waals surface area contributed by atoms with E-state index in [1.807, 2.05) is 0 Å². The molecule has 0 saturated carbocycles. The Morgan fingerprint density at radius 2 is 2.18 bits per heavy atom. The van der Waals surface area contributed by atoms with Crippen LogP contribution in [0.4, 0.5) is 4.39 Å². The highest BCUT2D eigenvalue weighted by Crippen LogP contribution is 2.20. The molecule has 0 aliphatic carbocycles. The standard InChI is InChI=1S/C10H14FNO4S/c1-16-10-4-3-8(7-9(10)11)17(14,15)12-5-2-6-13/h3-4,7,12-13H,2,5-6H2,1H3. The zero-order valence-electron chi connectivity index (χ0n) is 9.31. The SMILES string of the molecule is COc1ccc(S(=O)(=O)NCCCO)cc1F. The van der Waals surface area contributed by atoms with Crippen LogP contribution in [0, 0.1) is 5.82 Å². The summed E-state index contributed by atoms with van der Waals surface area (Å²) < 4.78 is 43.6. The quantitative estimate of drug-likeness (QED) is 0.733. The maximum atomic E-state index is 13.3. The van der Waals surface area contributed by atoms with Gasteiger partial charge in [0.2, 0.25) is 10.0 Å². The van der Waals surface area contributed by atoms with Crippen LogP contribution in [0.1, 0.15) is 6.42 Å². The highest BCUT2D eigenvalue weighted by molar-refractivity contribution is 7.89.